The average Bonchev–Trinajstić information content (AvgIpc) is 3.08. The molecule has 0 aromatic heterocycles. The fourth-order valence-corrected chi connectivity index (χ4v) is 4.42. The van der Waals surface area contributed by atoms with E-state index in [1.54, 1.807) is 0 Å². The first-order valence-corrected chi connectivity index (χ1v) is 10.4. The minimum Gasteiger partial charge on any atom is -0.126 e. The molecule has 0 unspecified atom stereocenters. The molecule has 0 bridgehead atoms. The zero-order valence-corrected chi connectivity index (χ0v) is 15.8. The molecule has 1 heteroatoms. The molecule has 0 aliphatic heterocycles. The number of hydrogen-bond acceptors (Lipinski definition) is 1. The van der Waals surface area contributed by atoms with E-state index in [0.717, 1.165) is 6.42 Å². The molecule has 0 spiro atoms. The molecule has 0 amide bonds. The smallest absolute Gasteiger partial charge is 0.00808 e. The zero-order valence-electron chi connectivity index (χ0n) is 15.0. The Morgan fingerprint density at radius 1 is 1.00 bits per heavy atom. The maximum absolute atomic E-state index is 2.42. The molecule has 0 saturated carbocycles. The number of fused-ring (bicyclic) bond motifs is 1. The number of benzene rings is 2. The van der Waals surface area contributed by atoms with Crippen LogP contribution in [0.25, 0.3) is 17.2 Å². The minimum atomic E-state index is 1.08. The first kappa shape index (κ1) is 17.4. The highest BCUT2D eigenvalue weighted by Gasteiger charge is 2.12. The van der Waals surface area contributed by atoms with Crippen molar-refractivity contribution < 1.29 is 0 Å². The minimum absolute atomic E-state index is 1.08. The molecule has 0 atom stereocenters. The fraction of sp³-hybridized carbons (Fsp3) is 0.391. The van der Waals surface area contributed by atoms with Gasteiger partial charge in [-0.1, -0.05) is 63.1 Å². The normalized spacial score (nSPS) is 12.6. The summed E-state index contributed by atoms with van der Waals surface area (Å²) in [6.45, 7) is 4.54. The van der Waals surface area contributed by atoms with Gasteiger partial charge in [-0.2, -0.15) is 0 Å². The van der Waals surface area contributed by atoms with Crippen molar-refractivity contribution in [2.45, 2.75) is 57.3 Å². The molecule has 0 nitrogen and oxygen atoms in total. The Morgan fingerprint density at radius 2 is 1.88 bits per heavy atom. The van der Waals surface area contributed by atoms with Crippen molar-refractivity contribution in [3.05, 3.63) is 59.2 Å². The van der Waals surface area contributed by atoms with Gasteiger partial charge in [-0.15, -0.1) is 11.8 Å². The third-order valence-electron chi connectivity index (χ3n) is 4.68. The molecule has 24 heavy (non-hydrogen) atoms. The molecule has 3 rings (SSSR count). The second-order valence-corrected chi connectivity index (χ2v) is 7.82. The van der Waals surface area contributed by atoms with Crippen LogP contribution in [0.4, 0.5) is 0 Å². The van der Waals surface area contributed by atoms with Crippen molar-refractivity contribution in [3.8, 4) is 11.1 Å². The molecule has 2 aromatic rings. The van der Waals surface area contributed by atoms with Gasteiger partial charge in [0.15, 0.2) is 0 Å². The van der Waals surface area contributed by atoms with Crippen molar-refractivity contribution in [3.63, 3.8) is 0 Å². The SMILES string of the molecule is CCCCSc1cc(CCCC)cc(-c2cccc3c2C=CC3)c1. The molecule has 0 heterocycles. The van der Waals surface area contributed by atoms with Gasteiger partial charge in [0.2, 0.25) is 0 Å². The summed E-state index contributed by atoms with van der Waals surface area (Å²) < 4.78 is 0. The van der Waals surface area contributed by atoms with E-state index in [1.807, 2.05) is 11.8 Å². The van der Waals surface area contributed by atoms with E-state index in [4.69, 9.17) is 0 Å². The Morgan fingerprint density at radius 3 is 2.71 bits per heavy atom. The molecule has 1 aliphatic rings. The summed E-state index contributed by atoms with van der Waals surface area (Å²) in [5.74, 6) is 1.22. The number of rotatable bonds is 8. The van der Waals surface area contributed by atoms with Crippen molar-refractivity contribution in [2.75, 3.05) is 5.75 Å². The highest BCUT2D eigenvalue weighted by atomic mass is 32.2. The van der Waals surface area contributed by atoms with E-state index in [-0.39, 0.29) is 0 Å². The topological polar surface area (TPSA) is 0 Å². The van der Waals surface area contributed by atoms with Crippen LogP contribution in [0.1, 0.15) is 56.2 Å². The lowest BCUT2D eigenvalue weighted by Crippen LogP contribution is -1.92. The predicted molar refractivity (Wildman–Crippen MR) is 109 cm³/mol. The van der Waals surface area contributed by atoms with Crippen LogP contribution in [0.3, 0.4) is 0 Å². The summed E-state index contributed by atoms with van der Waals surface area (Å²) in [6.07, 6.45) is 11.9. The largest absolute Gasteiger partial charge is 0.126 e. The van der Waals surface area contributed by atoms with Crippen molar-refractivity contribution in [1.82, 2.24) is 0 Å². The number of unbranched alkanes of at least 4 members (excludes halogenated alkanes) is 2. The molecule has 0 fully saturated rings. The Labute approximate surface area is 151 Å². The second kappa shape index (κ2) is 8.58. The molecular weight excluding hydrogens is 308 g/mol. The predicted octanol–water partition coefficient (Wildman–Crippen LogP) is 7.16. The van der Waals surface area contributed by atoms with Gasteiger partial charge in [0, 0.05) is 4.90 Å². The van der Waals surface area contributed by atoms with E-state index in [0.29, 0.717) is 0 Å². The quantitative estimate of drug-likeness (QED) is 0.364. The third-order valence-corrected chi connectivity index (χ3v) is 5.74. The second-order valence-electron chi connectivity index (χ2n) is 6.66. The molecular formula is C23H28S. The van der Waals surface area contributed by atoms with Gasteiger partial charge in [-0.25, -0.2) is 0 Å². The Bertz CT molecular complexity index is 712. The van der Waals surface area contributed by atoms with Gasteiger partial charge < -0.3 is 0 Å². The monoisotopic (exact) mass is 336 g/mol. The maximum Gasteiger partial charge on any atom is 0.00808 e. The third kappa shape index (κ3) is 4.13. The highest BCUT2D eigenvalue weighted by molar-refractivity contribution is 7.99. The van der Waals surface area contributed by atoms with Crippen molar-refractivity contribution in [1.29, 1.82) is 0 Å². The summed E-state index contributed by atoms with van der Waals surface area (Å²) in [7, 11) is 0. The van der Waals surface area contributed by atoms with Crippen LogP contribution in [0.5, 0.6) is 0 Å². The van der Waals surface area contributed by atoms with Gasteiger partial charge in [0.25, 0.3) is 0 Å². The molecule has 126 valence electrons. The Balaban J connectivity index is 1.95. The van der Waals surface area contributed by atoms with E-state index < -0.39 is 0 Å². The number of thioether (sulfide) groups is 1. The molecule has 0 saturated heterocycles. The first-order valence-electron chi connectivity index (χ1n) is 9.37. The van der Waals surface area contributed by atoms with Crippen LogP contribution >= 0.6 is 11.8 Å². The van der Waals surface area contributed by atoms with Crippen LogP contribution in [-0.4, -0.2) is 5.75 Å². The lowest BCUT2D eigenvalue weighted by atomic mass is 9.95. The van der Waals surface area contributed by atoms with Gasteiger partial charge in [0.1, 0.15) is 0 Å². The van der Waals surface area contributed by atoms with E-state index >= 15 is 0 Å². The van der Waals surface area contributed by atoms with E-state index in [1.165, 1.54) is 70.6 Å². The standard InChI is InChI=1S/C23H28S/c1-3-5-9-18-15-20(17-21(16-18)24-14-6-4-2)23-13-8-11-19-10-7-12-22(19)23/h7-8,11-13,15-17H,3-6,9-10,14H2,1-2H3. The summed E-state index contributed by atoms with van der Waals surface area (Å²) in [5.41, 5.74) is 7.18. The van der Waals surface area contributed by atoms with Gasteiger partial charge in [-0.3, -0.25) is 0 Å². The number of allylic oxidation sites excluding steroid dienone is 1. The number of aryl methyl sites for hydroxylation is 1. The van der Waals surface area contributed by atoms with Gasteiger partial charge in [0.05, 0.1) is 0 Å². The van der Waals surface area contributed by atoms with Gasteiger partial charge in [-0.05, 0) is 71.4 Å². The summed E-state index contributed by atoms with van der Waals surface area (Å²) >= 11 is 2.02. The molecule has 2 aromatic carbocycles. The summed E-state index contributed by atoms with van der Waals surface area (Å²) in [4.78, 5) is 1.44. The number of hydrogen-bond donors (Lipinski definition) is 0. The van der Waals surface area contributed by atoms with E-state index in [9.17, 15) is 0 Å². The first-order chi connectivity index (χ1) is 11.8. The maximum atomic E-state index is 2.42. The highest BCUT2D eigenvalue weighted by Crippen LogP contribution is 2.34. The molecule has 0 N–H and O–H groups in total. The van der Waals surface area contributed by atoms with E-state index in [2.05, 4.69) is 62.4 Å². The van der Waals surface area contributed by atoms with Crippen LogP contribution in [0, 0.1) is 0 Å². The zero-order chi connectivity index (χ0) is 16.8. The fourth-order valence-electron chi connectivity index (χ4n) is 3.30. The van der Waals surface area contributed by atoms with Crippen LogP contribution in [0.15, 0.2) is 47.4 Å². The Hall–Kier alpha value is -1.47. The molecule has 0 radical (unpaired) electrons. The van der Waals surface area contributed by atoms with Crippen molar-refractivity contribution >= 4 is 17.8 Å². The Kier molecular flexibility index (Phi) is 6.20. The van der Waals surface area contributed by atoms with Crippen LogP contribution < -0.4 is 0 Å². The van der Waals surface area contributed by atoms with Crippen LogP contribution in [-0.2, 0) is 12.8 Å². The van der Waals surface area contributed by atoms with Crippen molar-refractivity contribution in [2.24, 2.45) is 0 Å². The molecule has 1 aliphatic carbocycles. The lowest BCUT2D eigenvalue weighted by Gasteiger charge is -2.13. The van der Waals surface area contributed by atoms with Gasteiger partial charge >= 0.3 is 0 Å². The lowest BCUT2D eigenvalue weighted by molar-refractivity contribution is 0.793. The average molecular weight is 337 g/mol. The summed E-state index contributed by atoms with van der Waals surface area (Å²) in [5, 5.41) is 0. The van der Waals surface area contributed by atoms with Crippen LogP contribution in [0.2, 0.25) is 0 Å². The summed E-state index contributed by atoms with van der Waals surface area (Å²) in [6, 6.07) is 14.0.